The summed E-state index contributed by atoms with van der Waals surface area (Å²) in [5.41, 5.74) is 0. The first-order valence-electron chi connectivity index (χ1n) is 5.72. The molecular weight excluding hydrogens is 160 g/mol. The maximum atomic E-state index is 3.18. The Morgan fingerprint density at radius 3 is 2.23 bits per heavy atom. The molecule has 0 rings (SSSR count). The van der Waals surface area contributed by atoms with E-state index in [4.69, 9.17) is 0 Å². The van der Waals surface area contributed by atoms with Crippen LogP contribution in [0.3, 0.4) is 0 Å². The molecular formula is C11H26N2. The Labute approximate surface area is 83.7 Å². The van der Waals surface area contributed by atoms with E-state index in [1.54, 1.807) is 0 Å². The van der Waals surface area contributed by atoms with Gasteiger partial charge in [0, 0.05) is 0 Å². The second-order valence-electron chi connectivity index (χ2n) is 3.60. The molecule has 0 aromatic rings. The topological polar surface area (TPSA) is 15.3 Å². The summed E-state index contributed by atoms with van der Waals surface area (Å²) in [4.78, 5) is 2.55. The van der Waals surface area contributed by atoms with Crippen LogP contribution in [-0.2, 0) is 0 Å². The third-order valence-electron chi connectivity index (χ3n) is 2.43. The number of hydrogen-bond acceptors (Lipinski definition) is 2. The Kier molecular flexibility index (Phi) is 9.94. The Morgan fingerprint density at radius 2 is 1.69 bits per heavy atom. The van der Waals surface area contributed by atoms with Gasteiger partial charge in [0.05, 0.1) is 0 Å². The first-order chi connectivity index (χ1) is 6.35. The summed E-state index contributed by atoms with van der Waals surface area (Å²) in [5, 5.41) is 3.18. The van der Waals surface area contributed by atoms with Crippen LogP contribution in [-0.4, -0.2) is 38.1 Å². The van der Waals surface area contributed by atoms with E-state index in [0.29, 0.717) is 0 Å². The Bertz CT molecular complexity index is 94.1. The molecule has 80 valence electrons. The average Bonchev–Trinajstić information content (AvgIpc) is 2.17. The van der Waals surface area contributed by atoms with Gasteiger partial charge in [-0.15, -0.1) is 0 Å². The van der Waals surface area contributed by atoms with E-state index < -0.39 is 0 Å². The van der Waals surface area contributed by atoms with Gasteiger partial charge in [-0.3, -0.25) is 0 Å². The molecule has 0 aliphatic rings. The summed E-state index contributed by atoms with van der Waals surface area (Å²) in [6.07, 6.45) is 5.30. The number of rotatable bonds is 9. The zero-order valence-corrected chi connectivity index (χ0v) is 9.60. The standard InChI is InChI=1S/C11H26N2/c1-4-6-10-13(5-2)11-8-7-9-12-3/h12H,4-11H2,1-3H3. The molecule has 0 atom stereocenters. The molecule has 0 saturated heterocycles. The van der Waals surface area contributed by atoms with Crippen LogP contribution >= 0.6 is 0 Å². The molecule has 0 spiro atoms. The van der Waals surface area contributed by atoms with Gasteiger partial charge in [-0.25, -0.2) is 0 Å². The van der Waals surface area contributed by atoms with Crippen molar-refractivity contribution in [1.82, 2.24) is 10.2 Å². The molecule has 0 heterocycles. The average molecular weight is 186 g/mol. The van der Waals surface area contributed by atoms with Crippen molar-refractivity contribution in [1.29, 1.82) is 0 Å². The number of nitrogens with one attached hydrogen (secondary N) is 1. The van der Waals surface area contributed by atoms with Gasteiger partial charge >= 0.3 is 0 Å². The lowest BCUT2D eigenvalue weighted by Crippen LogP contribution is -2.26. The van der Waals surface area contributed by atoms with Crippen LogP contribution in [0.4, 0.5) is 0 Å². The Balaban J connectivity index is 3.25. The van der Waals surface area contributed by atoms with Gasteiger partial charge in [-0.1, -0.05) is 20.3 Å². The lowest BCUT2D eigenvalue weighted by Gasteiger charge is -2.19. The zero-order chi connectivity index (χ0) is 9.94. The second kappa shape index (κ2) is 10.0. The fourth-order valence-electron chi connectivity index (χ4n) is 1.45. The minimum atomic E-state index is 1.16. The van der Waals surface area contributed by atoms with Crippen LogP contribution < -0.4 is 5.32 Å². The molecule has 0 aromatic heterocycles. The molecule has 0 amide bonds. The first kappa shape index (κ1) is 12.9. The third kappa shape index (κ3) is 8.26. The van der Waals surface area contributed by atoms with Crippen molar-refractivity contribution in [3.63, 3.8) is 0 Å². The van der Waals surface area contributed by atoms with Crippen molar-refractivity contribution in [2.75, 3.05) is 33.2 Å². The van der Waals surface area contributed by atoms with E-state index in [1.165, 1.54) is 45.3 Å². The van der Waals surface area contributed by atoms with Crippen LogP contribution in [0.15, 0.2) is 0 Å². The number of unbranched alkanes of at least 4 members (excludes halogenated alkanes) is 2. The van der Waals surface area contributed by atoms with Gasteiger partial charge in [-0.2, -0.15) is 0 Å². The summed E-state index contributed by atoms with van der Waals surface area (Å²) in [7, 11) is 2.02. The Morgan fingerprint density at radius 1 is 1.00 bits per heavy atom. The maximum Gasteiger partial charge on any atom is -0.00184 e. The lowest BCUT2D eigenvalue weighted by molar-refractivity contribution is 0.277. The highest BCUT2D eigenvalue weighted by atomic mass is 15.1. The SMILES string of the molecule is CCCCN(CC)CCCCNC. The summed E-state index contributed by atoms with van der Waals surface area (Å²) in [6.45, 7) is 9.44. The molecule has 1 N–H and O–H groups in total. The summed E-state index contributed by atoms with van der Waals surface area (Å²) in [6, 6.07) is 0. The van der Waals surface area contributed by atoms with Gasteiger partial charge in [0.1, 0.15) is 0 Å². The van der Waals surface area contributed by atoms with Crippen molar-refractivity contribution in [2.45, 2.75) is 39.5 Å². The van der Waals surface area contributed by atoms with E-state index in [0.717, 1.165) is 6.54 Å². The quantitative estimate of drug-likeness (QED) is 0.555. The second-order valence-corrected chi connectivity index (χ2v) is 3.60. The largest absolute Gasteiger partial charge is 0.320 e. The molecule has 0 bridgehead atoms. The summed E-state index contributed by atoms with van der Waals surface area (Å²) in [5.74, 6) is 0. The minimum Gasteiger partial charge on any atom is -0.320 e. The normalized spacial score (nSPS) is 11.1. The first-order valence-corrected chi connectivity index (χ1v) is 5.72. The molecule has 2 nitrogen and oxygen atoms in total. The molecule has 0 unspecified atom stereocenters. The van der Waals surface area contributed by atoms with E-state index in [9.17, 15) is 0 Å². The number of hydrogen-bond donors (Lipinski definition) is 1. The zero-order valence-electron chi connectivity index (χ0n) is 9.60. The minimum absolute atomic E-state index is 1.16. The summed E-state index contributed by atoms with van der Waals surface area (Å²) < 4.78 is 0. The fourth-order valence-corrected chi connectivity index (χ4v) is 1.45. The third-order valence-corrected chi connectivity index (χ3v) is 2.43. The van der Waals surface area contributed by atoms with Gasteiger partial charge in [-0.05, 0) is 52.5 Å². The van der Waals surface area contributed by atoms with Crippen molar-refractivity contribution in [3.8, 4) is 0 Å². The van der Waals surface area contributed by atoms with Crippen molar-refractivity contribution >= 4 is 0 Å². The van der Waals surface area contributed by atoms with E-state index in [1.807, 2.05) is 7.05 Å². The molecule has 0 saturated carbocycles. The van der Waals surface area contributed by atoms with Gasteiger partial charge in [0.2, 0.25) is 0 Å². The molecule has 13 heavy (non-hydrogen) atoms. The van der Waals surface area contributed by atoms with Crippen LogP contribution in [0.2, 0.25) is 0 Å². The monoisotopic (exact) mass is 186 g/mol. The molecule has 0 aliphatic carbocycles. The van der Waals surface area contributed by atoms with E-state index in [2.05, 4.69) is 24.1 Å². The summed E-state index contributed by atoms with van der Waals surface area (Å²) >= 11 is 0. The highest BCUT2D eigenvalue weighted by molar-refractivity contribution is 4.55. The van der Waals surface area contributed by atoms with Gasteiger partial charge < -0.3 is 10.2 Å². The molecule has 0 aliphatic heterocycles. The lowest BCUT2D eigenvalue weighted by atomic mass is 10.2. The van der Waals surface area contributed by atoms with Crippen LogP contribution in [0.25, 0.3) is 0 Å². The van der Waals surface area contributed by atoms with Crippen molar-refractivity contribution in [3.05, 3.63) is 0 Å². The van der Waals surface area contributed by atoms with Gasteiger partial charge in [0.15, 0.2) is 0 Å². The van der Waals surface area contributed by atoms with Crippen molar-refractivity contribution in [2.24, 2.45) is 0 Å². The maximum absolute atomic E-state index is 3.18. The van der Waals surface area contributed by atoms with Crippen molar-refractivity contribution < 1.29 is 0 Å². The predicted molar refractivity (Wildman–Crippen MR) is 60.2 cm³/mol. The van der Waals surface area contributed by atoms with Crippen LogP contribution in [0, 0.1) is 0 Å². The van der Waals surface area contributed by atoms with Crippen LogP contribution in [0.5, 0.6) is 0 Å². The molecule has 0 fully saturated rings. The molecule has 0 radical (unpaired) electrons. The van der Waals surface area contributed by atoms with Crippen LogP contribution in [0.1, 0.15) is 39.5 Å². The number of nitrogens with zero attached hydrogens (tertiary/aromatic N) is 1. The van der Waals surface area contributed by atoms with Gasteiger partial charge in [0.25, 0.3) is 0 Å². The highest BCUT2D eigenvalue weighted by Gasteiger charge is 1.99. The van der Waals surface area contributed by atoms with E-state index in [-0.39, 0.29) is 0 Å². The Hall–Kier alpha value is -0.0800. The predicted octanol–water partition coefficient (Wildman–Crippen LogP) is 2.11. The fraction of sp³-hybridized carbons (Fsp3) is 1.00. The molecule has 0 aromatic carbocycles. The molecule has 2 heteroatoms. The smallest absolute Gasteiger partial charge is 0.00184 e. The van der Waals surface area contributed by atoms with E-state index >= 15 is 0 Å². The highest BCUT2D eigenvalue weighted by Crippen LogP contribution is 1.97.